The molecule has 2 fully saturated rings. The number of nitrogens with zero attached hydrogens (tertiary/aromatic N) is 1. The quantitative estimate of drug-likeness (QED) is 0.276. The molecule has 2 aliphatic rings. The van der Waals surface area contributed by atoms with Gasteiger partial charge in [-0.2, -0.15) is 0 Å². The number of epoxide rings is 1. The van der Waals surface area contributed by atoms with E-state index in [1.807, 2.05) is 53.0 Å². The maximum absolute atomic E-state index is 14.1. The highest BCUT2D eigenvalue weighted by Crippen LogP contribution is 2.45. The zero-order valence-electron chi connectivity index (χ0n) is 28.1. The number of hydrogen-bond acceptors (Lipinski definition) is 7. The van der Waals surface area contributed by atoms with Gasteiger partial charge in [-0.25, -0.2) is 4.98 Å². The van der Waals surface area contributed by atoms with Gasteiger partial charge in [0.25, 0.3) is 0 Å². The summed E-state index contributed by atoms with van der Waals surface area (Å²) < 4.78 is 13.1. The molecule has 1 aromatic rings. The van der Waals surface area contributed by atoms with Crippen LogP contribution in [0.4, 0.5) is 0 Å². The Bertz CT molecular complexity index is 1160. The second-order valence-electron chi connectivity index (χ2n) is 15.3. The van der Waals surface area contributed by atoms with E-state index in [9.17, 15) is 14.7 Å². The van der Waals surface area contributed by atoms with Gasteiger partial charge < -0.3 is 19.6 Å². The third-order valence-electron chi connectivity index (χ3n) is 10.3. The number of aromatic nitrogens is 1. The lowest BCUT2D eigenvalue weighted by atomic mass is 9.72. The van der Waals surface area contributed by atoms with Gasteiger partial charge in [-0.3, -0.25) is 9.59 Å². The second kappa shape index (κ2) is 12.9. The molecule has 1 amide bonds. The number of ether oxygens (including phenoxy) is 1. The number of Topliss-reactive ketones (excluding diaryl/α,β-unsaturated/α-hetero) is 1. The van der Waals surface area contributed by atoms with Gasteiger partial charge in [0, 0.05) is 23.1 Å². The highest BCUT2D eigenvalue weighted by molar-refractivity contribution is 7.09. The number of aliphatic hydroxyl groups excluding tert-OH is 1. The number of amides is 1. The van der Waals surface area contributed by atoms with E-state index in [1.165, 1.54) is 0 Å². The minimum absolute atomic E-state index is 0.0315. The molecule has 0 spiro atoms. The Balaban J connectivity index is 2.00. The molecule has 1 aromatic heterocycles. The summed E-state index contributed by atoms with van der Waals surface area (Å²) in [5, 5.41) is 17.5. The smallest absolute Gasteiger partial charge is 0.223 e. The van der Waals surface area contributed by atoms with Gasteiger partial charge >= 0.3 is 0 Å². The number of hydrogen-bond donors (Lipinski definition) is 2. The van der Waals surface area contributed by atoms with Crippen LogP contribution in [0.5, 0.6) is 0 Å². The van der Waals surface area contributed by atoms with Crippen molar-refractivity contribution in [2.75, 3.05) is 0 Å². The molecule has 1 unspecified atom stereocenters. The number of carbonyl (C=O) groups excluding carboxylic acids is 2. The first kappa shape index (κ1) is 35.1. The van der Waals surface area contributed by atoms with E-state index in [0.29, 0.717) is 6.42 Å². The van der Waals surface area contributed by atoms with Crippen LogP contribution in [-0.2, 0) is 18.8 Å². The van der Waals surface area contributed by atoms with Gasteiger partial charge in [0.05, 0.1) is 47.1 Å². The van der Waals surface area contributed by atoms with E-state index in [1.54, 1.807) is 11.3 Å². The second-order valence-corrected chi connectivity index (χ2v) is 21.1. The molecule has 238 valence electrons. The first-order valence-corrected chi connectivity index (χ1v) is 19.4. The van der Waals surface area contributed by atoms with E-state index in [0.717, 1.165) is 35.5 Å². The van der Waals surface area contributed by atoms with Crippen LogP contribution in [0.15, 0.2) is 11.0 Å². The van der Waals surface area contributed by atoms with Crippen molar-refractivity contribution in [1.82, 2.24) is 10.3 Å². The first-order valence-electron chi connectivity index (χ1n) is 15.7. The van der Waals surface area contributed by atoms with Gasteiger partial charge in [0.2, 0.25) is 5.91 Å². The van der Waals surface area contributed by atoms with Gasteiger partial charge in [0.15, 0.2) is 8.32 Å². The van der Waals surface area contributed by atoms with Gasteiger partial charge in [0.1, 0.15) is 5.78 Å². The fourth-order valence-electron chi connectivity index (χ4n) is 5.90. The van der Waals surface area contributed by atoms with E-state index in [-0.39, 0.29) is 46.8 Å². The van der Waals surface area contributed by atoms with Crippen LogP contribution >= 0.6 is 11.3 Å². The third-order valence-corrected chi connectivity index (χ3v) is 15.6. The van der Waals surface area contributed by atoms with Crippen molar-refractivity contribution in [2.45, 2.75) is 149 Å². The van der Waals surface area contributed by atoms with E-state index in [2.05, 4.69) is 51.1 Å². The van der Waals surface area contributed by atoms with Crippen molar-refractivity contribution in [1.29, 1.82) is 0 Å². The standard InChI is InChI=1S/C33H56N2O5SSi/c1-20-14-13-15-33(10)27(39-33)17-25(21(2)16-24-19-41-23(4)34-24)35-28(36)18-26(40-42(11,12)31(5,6)7)32(8,9)30(38)22(3)29(20)37/h16,19-20,22,25-27,29,37H,13-15,17-18H2,1-12H3,(H,35,36)/b21-16+/t20-,22+,25-,26?,27-,29-,33+/m0/s1. The number of fused-ring (bicyclic) bond motifs is 1. The number of aryl methyl sites for hydroxylation is 1. The fourth-order valence-corrected chi connectivity index (χ4v) is 7.91. The van der Waals surface area contributed by atoms with Gasteiger partial charge in [-0.05, 0) is 69.3 Å². The predicted octanol–water partition coefficient (Wildman–Crippen LogP) is 7.08. The fraction of sp³-hybridized carbons (Fsp3) is 0.788. The van der Waals surface area contributed by atoms with Crippen molar-refractivity contribution >= 4 is 37.4 Å². The maximum atomic E-state index is 14.1. The number of aliphatic hydroxyl groups is 1. The predicted molar refractivity (Wildman–Crippen MR) is 174 cm³/mol. The molecular formula is C33H56N2O5SSi. The molecule has 2 saturated heterocycles. The molecule has 7 atom stereocenters. The largest absolute Gasteiger partial charge is 0.412 e. The number of rotatable bonds is 4. The summed E-state index contributed by atoms with van der Waals surface area (Å²) in [7, 11) is -2.35. The van der Waals surface area contributed by atoms with Crippen LogP contribution in [0.2, 0.25) is 18.1 Å². The monoisotopic (exact) mass is 620 g/mol. The summed E-state index contributed by atoms with van der Waals surface area (Å²) >= 11 is 1.61. The summed E-state index contributed by atoms with van der Waals surface area (Å²) in [5.74, 6) is -0.815. The average molecular weight is 621 g/mol. The molecule has 0 saturated carbocycles. The van der Waals surface area contributed by atoms with Crippen molar-refractivity contribution in [3.63, 3.8) is 0 Å². The van der Waals surface area contributed by atoms with Crippen LogP contribution in [0.25, 0.3) is 6.08 Å². The Morgan fingerprint density at radius 3 is 2.45 bits per heavy atom. The lowest BCUT2D eigenvalue weighted by Crippen LogP contribution is -2.53. The molecule has 3 rings (SSSR count). The minimum Gasteiger partial charge on any atom is -0.412 e. The summed E-state index contributed by atoms with van der Waals surface area (Å²) in [6.07, 6.45) is 4.01. The van der Waals surface area contributed by atoms with Gasteiger partial charge in [-0.1, -0.05) is 54.9 Å². The Hall–Kier alpha value is -1.39. The Morgan fingerprint density at radius 2 is 1.88 bits per heavy atom. The number of nitrogens with one attached hydrogen (secondary N) is 1. The van der Waals surface area contributed by atoms with E-state index >= 15 is 0 Å². The van der Waals surface area contributed by atoms with Crippen LogP contribution in [0, 0.1) is 24.2 Å². The molecule has 0 bridgehead atoms. The van der Waals surface area contributed by atoms with E-state index in [4.69, 9.17) is 9.16 Å². The molecule has 9 heteroatoms. The zero-order valence-corrected chi connectivity index (χ0v) is 29.9. The normalized spacial score (nSPS) is 34.1. The highest BCUT2D eigenvalue weighted by Gasteiger charge is 2.53. The summed E-state index contributed by atoms with van der Waals surface area (Å²) in [5.41, 5.74) is 0.693. The summed E-state index contributed by atoms with van der Waals surface area (Å²) in [6, 6.07) is -0.230. The van der Waals surface area contributed by atoms with Crippen LogP contribution < -0.4 is 5.32 Å². The van der Waals surface area contributed by atoms with Crippen molar-refractivity contribution in [2.24, 2.45) is 17.3 Å². The van der Waals surface area contributed by atoms with Crippen molar-refractivity contribution in [3.8, 4) is 0 Å². The Morgan fingerprint density at radius 1 is 1.24 bits per heavy atom. The molecule has 2 N–H and O–H groups in total. The molecule has 7 nitrogen and oxygen atoms in total. The molecule has 0 radical (unpaired) electrons. The van der Waals surface area contributed by atoms with Crippen LogP contribution in [0.1, 0.15) is 105 Å². The third kappa shape index (κ3) is 8.20. The van der Waals surface area contributed by atoms with Crippen molar-refractivity contribution < 1.29 is 23.9 Å². The molecule has 42 heavy (non-hydrogen) atoms. The molecular weight excluding hydrogens is 565 g/mol. The van der Waals surface area contributed by atoms with Crippen LogP contribution in [0.3, 0.4) is 0 Å². The number of ketones is 1. The lowest BCUT2D eigenvalue weighted by Gasteiger charge is -2.44. The summed E-state index contributed by atoms with van der Waals surface area (Å²) in [4.78, 5) is 32.5. The molecule has 0 aromatic carbocycles. The maximum Gasteiger partial charge on any atom is 0.223 e. The van der Waals surface area contributed by atoms with Crippen LogP contribution in [-0.4, -0.2) is 60.1 Å². The minimum atomic E-state index is -2.35. The average Bonchev–Trinajstić information content (AvgIpc) is 3.31. The highest BCUT2D eigenvalue weighted by atomic mass is 32.1. The van der Waals surface area contributed by atoms with Gasteiger partial charge in [-0.15, -0.1) is 11.3 Å². The SMILES string of the molecule is C/C(=C\c1csc(C)n1)[C@@H]1C[C@@H]2O[C@]2(C)CCC[C@H](C)[C@H](O)[C@@H](C)C(=O)C(C)(C)C(O[Si](C)(C)C(C)(C)C)CC(=O)N1. The molecule has 0 aliphatic carbocycles. The van der Waals surface area contributed by atoms with Crippen molar-refractivity contribution in [3.05, 3.63) is 21.7 Å². The lowest BCUT2D eigenvalue weighted by molar-refractivity contribution is -0.142. The Labute approximate surface area is 259 Å². The number of thiazole rings is 1. The molecule has 3 heterocycles. The topological polar surface area (TPSA) is 101 Å². The zero-order chi connectivity index (χ0) is 31.8. The Kier molecular flexibility index (Phi) is 10.8. The molecule has 2 aliphatic heterocycles. The van der Waals surface area contributed by atoms with E-state index < -0.39 is 31.9 Å². The first-order chi connectivity index (χ1) is 19.2. The number of carbonyl (C=O) groups is 2. The summed E-state index contributed by atoms with van der Waals surface area (Å²) in [6.45, 7) is 24.6.